The number of aliphatic hydroxyl groups excluding tert-OH is 1. The molecule has 1 heterocycles. The normalized spacial score (nSPS) is 22.5. The Kier molecular flexibility index (Phi) is 2.96. The Hall–Kier alpha value is -0.980. The molecular weight excluding hydrogens is 233 g/mol. The standard InChI is InChI=1S/C10H12FNO3S/c11-9-3-1-2-4-10(9)16(14,15)12-6-5-8(13)7-12/h1-4,8,13H,5-7H2/t8-/m0/s1. The van der Waals surface area contributed by atoms with Crippen molar-refractivity contribution < 1.29 is 17.9 Å². The van der Waals surface area contributed by atoms with Gasteiger partial charge in [0.15, 0.2) is 0 Å². The van der Waals surface area contributed by atoms with Crippen LogP contribution in [0.15, 0.2) is 29.2 Å². The van der Waals surface area contributed by atoms with Crippen molar-refractivity contribution in [1.29, 1.82) is 0 Å². The molecule has 1 aliphatic heterocycles. The van der Waals surface area contributed by atoms with Gasteiger partial charge in [-0.05, 0) is 18.6 Å². The molecule has 1 fully saturated rings. The fourth-order valence-electron chi connectivity index (χ4n) is 1.72. The minimum Gasteiger partial charge on any atom is -0.392 e. The summed E-state index contributed by atoms with van der Waals surface area (Å²) < 4.78 is 38.4. The summed E-state index contributed by atoms with van der Waals surface area (Å²) in [5.41, 5.74) is 0. The molecule has 16 heavy (non-hydrogen) atoms. The molecule has 0 saturated carbocycles. The van der Waals surface area contributed by atoms with Crippen molar-refractivity contribution >= 4 is 10.0 Å². The number of aliphatic hydroxyl groups is 1. The van der Waals surface area contributed by atoms with E-state index in [1.807, 2.05) is 0 Å². The third-order valence-corrected chi connectivity index (χ3v) is 4.48. The van der Waals surface area contributed by atoms with E-state index in [0.29, 0.717) is 6.42 Å². The average molecular weight is 245 g/mol. The van der Waals surface area contributed by atoms with Crippen LogP contribution in [0.5, 0.6) is 0 Å². The Morgan fingerprint density at radius 2 is 2.06 bits per heavy atom. The Labute approximate surface area is 93.4 Å². The van der Waals surface area contributed by atoms with E-state index in [2.05, 4.69) is 0 Å². The number of sulfonamides is 1. The second kappa shape index (κ2) is 4.12. The van der Waals surface area contributed by atoms with Gasteiger partial charge in [-0.25, -0.2) is 12.8 Å². The minimum absolute atomic E-state index is 0.0384. The van der Waals surface area contributed by atoms with E-state index in [1.54, 1.807) is 0 Å². The maximum absolute atomic E-state index is 13.4. The van der Waals surface area contributed by atoms with E-state index in [-0.39, 0.29) is 18.0 Å². The Morgan fingerprint density at radius 3 is 2.62 bits per heavy atom. The third-order valence-electron chi connectivity index (χ3n) is 2.58. The summed E-state index contributed by atoms with van der Waals surface area (Å²) in [7, 11) is -3.80. The first-order valence-electron chi connectivity index (χ1n) is 4.94. The highest BCUT2D eigenvalue weighted by molar-refractivity contribution is 7.89. The van der Waals surface area contributed by atoms with E-state index >= 15 is 0 Å². The molecule has 0 amide bonds. The maximum atomic E-state index is 13.4. The molecule has 1 aliphatic rings. The van der Waals surface area contributed by atoms with Crippen LogP contribution in [0.25, 0.3) is 0 Å². The van der Waals surface area contributed by atoms with Gasteiger partial charge in [-0.2, -0.15) is 4.31 Å². The summed E-state index contributed by atoms with van der Waals surface area (Å²) in [6.45, 7) is 0.272. The monoisotopic (exact) mass is 245 g/mol. The molecule has 1 saturated heterocycles. The van der Waals surface area contributed by atoms with Crippen molar-refractivity contribution in [3.63, 3.8) is 0 Å². The predicted octanol–water partition coefficient (Wildman–Crippen LogP) is 0.581. The lowest BCUT2D eigenvalue weighted by atomic mass is 10.3. The van der Waals surface area contributed by atoms with E-state index in [4.69, 9.17) is 0 Å². The zero-order valence-electron chi connectivity index (χ0n) is 8.51. The molecular formula is C10H12FNO3S. The molecule has 2 rings (SSSR count). The lowest BCUT2D eigenvalue weighted by molar-refractivity contribution is 0.189. The molecule has 6 heteroatoms. The van der Waals surface area contributed by atoms with E-state index in [0.717, 1.165) is 10.4 Å². The summed E-state index contributed by atoms with van der Waals surface area (Å²) in [5.74, 6) is -0.760. The summed E-state index contributed by atoms with van der Waals surface area (Å²) in [5, 5.41) is 9.28. The van der Waals surface area contributed by atoms with Gasteiger partial charge in [0, 0.05) is 13.1 Å². The zero-order valence-corrected chi connectivity index (χ0v) is 9.32. The molecule has 0 aliphatic carbocycles. The van der Waals surface area contributed by atoms with Crippen LogP contribution in [0.3, 0.4) is 0 Å². The largest absolute Gasteiger partial charge is 0.392 e. The topological polar surface area (TPSA) is 57.6 Å². The Balaban J connectivity index is 2.36. The lowest BCUT2D eigenvalue weighted by Crippen LogP contribution is -2.30. The minimum atomic E-state index is -3.80. The van der Waals surface area contributed by atoms with E-state index < -0.39 is 21.9 Å². The van der Waals surface area contributed by atoms with Gasteiger partial charge in [0.1, 0.15) is 10.7 Å². The first-order chi connectivity index (χ1) is 7.51. The van der Waals surface area contributed by atoms with Crippen LogP contribution in [0.4, 0.5) is 4.39 Å². The van der Waals surface area contributed by atoms with Crippen molar-refractivity contribution in [2.45, 2.75) is 17.4 Å². The van der Waals surface area contributed by atoms with Gasteiger partial charge >= 0.3 is 0 Å². The second-order valence-electron chi connectivity index (χ2n) is 3.74. The zero-order chi connectivity index (χ0) is 11.8. The van der Waals surface area contributed by atoms with Crippen LogP contribution >= 0.6 is 0 Å². The van der Waals surface area contributed by atoms with E-state index in [9.17, 15) is 17.9 Å². The van der Waals surface area contributed by atoms with E-state index in [1.165, 1.54) is 18.2 Å². The number of benzene rings is 1. The van der Waals surface area contributed by atoms with Gasteiger partial charge in [-0.1, -0.05) is 12.1 Å². The lowest BCUT2D eigenvalue weighted by Gasteiger charge is -2.15. The summed E-state index contributed by atoms with van der Waals surface area (Å²) >= 11 is 0. The molecule has 0 aromatic heterocycles. The Morgan fingerprint density at radius 1 is 1.38 bits per heavy atom. The van der Waals surface area contributed by atoms with Gasteiger partial charge in [-0.3, -0.25) is 0 Å². The molecule has 0 bridgehead atoms. The van der Waals surface area contributed by atoms with Crippen molar-refractivity contribution in [1.82, 2.24) is 4.31 Å². The van der Waals surface area contributed by atoms with Gasteiger partial charge in [0.05, 0.1) is 6.10 Å². The SMILES string of the molecule is O=S(=O)(c1ccccc1F)N1CC[C@H](O)C1. The molecule has 4 nitrogen and oxygen atoms in total. The summed E-state index contributed by atoms with van der Waals surface area (Å²) in [6, 6.07) is 5.25. The number of hydrogen-bond donors (Lipinski definition) is 1. The van der Waals surface area contributed by atoms with Gasteiger partial charge in [-0.15, -0.1) is 0 Å². The van der Waals surface area contributed by atoms with Crippen LogP contribution in [-0.4, -0.2) is 37.0 Å². The summed E-state index contributed by atoms with van der Waals surface area (Å²) in [6.07, 6.45) is -0.255. The van der Waals surface area contributed by atoms with Crippen LogP contribution in [0.1, 0.15) is 6.42 Å². The number of β-amino-alcohol motifs (C(OH)–C–C–N with tert-alkyl or cyclic N) is 1. The fraction of sp³-hybridized carbons (Fsp3) is 0.400. The highest BCUT2D eigenvalue weighted by atomic mass is 32.2. The van der Waals surface area contributed by atoms with Gasteiger partial charge in [0.25, 0.3) is 0 Å². The van der Waals surface area contributed by atoms with Gasteiger partial charge < -0.3 is 5.11 Å². The molecule has 0 radical (unpaired) electrons. The van der Waals surface area contributed by atoms with Crippen LogP contribution in [0, 0.1) is 5.82 Å². The summed E-state index contributed by atoms with van der Waals surface area (Å²) in [4.78, 5) is -0.330. The van der Waals surface area contributed by atoms with Gasteiger partial charge in [0.2, 0.25) is 10.0 Å². The number of hydrogen-bond acceptors (Lipinski definition) is 3. The second-order valence-corrected chi connectivity index (χ2v) is 5.64. The fourth-order valence-corrected chi connectivity index (χ4v) is 3.28. The van der Waals surface area contributed by atoms with Crippen LogP contribution in [-0.2, 0) is 10.0 Å². The highest BCUT2D eigenvalue weighted by Crippen LogP contribution is 2.22. The smallest absolute Gasteiger partial charge is 0.246 e. The number of nitrogens with zero attached hydrogens (tertiary/aromatic N) is 1. The van der Waals surface area contributed by atoms with Crippen LogP contribution in [0.2, 0.25) is 0 Å². The third kappa shape index (κ3) is 1.95. The van der Waals surface area contributed by atoms with Crippen molar-refractivity contribution in [2.75, 3.05) is 13.1 Å². The molecule has 0 spiro atoms. The average Bonchev–Trinajstić information content (AvgIpc) is 2.66. The Bertz CT molecular complexity index is 489. The van der Waals surface area contributed by atoms with Crippen molar-refractivity contribution in [3.8, 4) is 0 Å². The molecule has 88 valence electrons. The molecule has 1 atom stereocenters. The van der Waals surface area contributed by atoms with Crippen LogP contribution < -0.4 is 0 Å². The number of halogens is 1. The molecule has 1 N–H and O–H groups in total. The predicted molar refractivity (Wildman–Crippen MR) is 55.8 cm³/mol. The molecule has 0 unspecified atom stereocenters. The quantitative estimate of drug-likeness (QED) is 0.829. The molecule has 1 aromatic carbocycles. The number of rotatable bonds is 2. The highest BCUT2D eigenvalue weighted by Gasteiger charge is 2.32. The molecule has 1 aromatic rings. The first-order valence-corrected chi connectivity index (χ1v) is 6.38. The first kappa shape index (κ1) is 11.5. The van der Waals surface area contributed by atoms with Crippen molar-refractivity contribution in [2.24, 2.45) is 0 Å². The maximum Gasteiger partial charge on any atom is 0.246 e. The van der Waals surface area contributed by atoms with Crippen molar-refractivity contribution in [3.05, 3.63) is 30.1 Å².